The van der Waals surface area contributed by atoms with E-state index >= 15 is 0 Å². The molecule has 1 aliphatic rings. The minimum absolute atomic E-state index is 0.329. The molecule has 26 heavy (non-hydrogen) atoms. The first kappa shape index (κ1) is 18.9. The van der Waals surface area contributed by atoms with Gasteiger partial charge in [-0.2, -0.15) is 0 Å². The number of thiophene rings is 1. The van der Waals surface area contributed by atoms with E-state index in [9.17, 15) is 9.59 Å². The fourth-order valence-corrected chi connectivity index (χ4v) is 3.98. The number of nitrogens with one attached hydrogen (secondary N) is 2. The van der Waals surface area contributed by atoms with Crippen LogP contribution in [-0.2, 0) is 4.79 Å². The summed E-state index contributed by atoms with van der Waals surface area (Å²) < 4.78 is 2.12. The highest BCUT2D eigenvalue weighted by Gasteiger charge is 2.32. The van der Waals surface area contributed by atoms with E-state index in [-0.39, 0.29) is 5.91 Å². The fourth-order valence-electron chi connectivity index (χ4n) is 2.36. The first-order chi connectivity index (χ1) is 12.5. The number of hydrogen-bond donors (Lipinski definition) is 2. The van der Waals surface area contributed by atoms with Crippen molar-refractivity contribution in [1.82, 2.24) is 25.4 Å². The summed E-state index contributed by atoms with van der Waals surface area (Å²) in [5, 5.41) is 16.0. The van der Waals surface area contributed by atoms with Crippen molar-refractivity contribution in [3.63, 3.8) is 0 Å². The SMILES string of the molecule is CC(C)CNC(=O)NC(=O)[C@@H](C)Sc1nnc(-c2cccs2)n1C1CC1. The molecule has 3 amide bonds. The molecule has 1 saturated carbocycles. The summed E-state index contributed by atoms with van der Waals surface area (Å²) >= 11 is 2.96. The van der Waals surface area contributed by atoms with Crippen molar-refractivity contribution in [3.8, 4) is 10.7 Å². The highest BCUT2D eigenvalue weighted by molar-refractivity contribution is 8.00. The Labute approximate surface area is 161 Å². The predicted octanol–water partition coefficient (Wildman–Crippen LogP) is 3.30. The van der Waals surface area contributed by atoms with E-state index < -0.39 is 11.3 Å². The lowest BCUT2D eigenvalue weighted by Gasteiger charge is -2.13. The molecule has 1 fully saturated rings. The van der Waals surface area contributed by atoms with Gasteiger partial charge in [0.05, 0.1) is 10.1 Å². The van der Waals surface area contributed by atoms with E-state index in [0.29, 0.717) is 18.5 Å². The number of rotatable bonds is 7. The lowest BCUT2D eigenvalue weighted by molar-refractivity contribution is -0.119. The average molecular weight is 394 g/mol. The number of thioether (sulfide) groups is 1. The molecule has 2 aromatic rings. The minimum atomic E-state index is -0.459. The van der Waals surface area contributed by atoms with E-state index in [4.69, 9.17) is 0 Å². The molecule has 1 atom stereocenters. The van der Waals surface area contributed by atoms with Gasteiger partial charge in [0.25, 0.3) is 0 Å². The first-order valence-corrected chi connectivity index (χ1v) is 10.5. The molecule has 2 aromatic heterocycles. The number of aromatic nitrogens is 3. The van der Waals surface area contributed by atoms with Crippen LogP contribution in [0.15, 0.2) is 22.7 Å². The highest BCUT2D eigenvalue weighted by atomic mass is 32.2. The molecule has 0 aromatic carbocycles. The first-order valence-electron chi connectivity index (χ1n) is 8.69. The molecule has 2 heterocycles. The van der Waals surface area contributed by atoms with Crippen molar-refractivity contribution >= 4 is 35.0 Å². The molecular formula is C17H23N5O2S2. The van der Waals surface area contributed by atoms with Crippen LogP contribution in [0.5, 0.6) is 0 Å². The molecule has 0 unspecified atom stereocenters. The van der Waals surface area contributed by atoms with E-state index in [2.05, 4.69) is 25.4 Å². The second-order valence-electron chi connectivity index (χ2n) is 6.74. The zero-order valence-electron chi connectivity index (χ0n) is 15.1. The fraction of sp³-hybridized carbons (Fsp3) is 0.529. The Morgan fingerprint density at radius 1 is 1.35 bits per heavy atom. The summed E-state index contributed by atoms with van der Waals surface area (Å²) in [5.74, 6) is 0.849. The maximum atomic E-state index is 12.3. The smallest absolute Gasteiger partial charge is 0.321 e. The van der Waals surface area contributed by atoms with Crippen LogP contribution in [0, 0.1) is 5.92 Å². The van der Waals surface area contributed by atoms with Crippen molar-refractivity contribution in [2.75, 3.05) is 6.54 Å². The molecule has 1 aliphatic carbocycles. The number of carbonyl (C=O) groups is 2. The number of nitrogens with zero attached hydrogens (tertiary/aromatic N) is 3. The van der Waals surface area contributed by atoms with E-state index in [1.54, 1.807) is 18.3 Å². The summed E-state index contributed by atoms with van der Waals surface area (Å²) in [7, 11) is 0. The topological polar surface area (TPSA) is 88.9 Å². The Hall–Kier alpha value is -1.87. The van der Waals surface area contributed by atoms with Gasteiger partial charge in [0.1, 0.15) is 0 Å². The third-order valence-corrected chi connectivity index (χ3v) is 5.80. The summed E-state index contributed by atoms with van der Waals surface area (Å²) in [4.78, 5) is 25.1. The lowest BCUT2D eigenvalue weighted by atomic mass is 10.2. The van der Waals surface area contributed by atoms with Gasteiger partial charge in [0.15, 0.2) is 11.0 Å². The van der Waals surface area contributed by atoms with Gasteiger partial charge in [-0.3, -0.25) is 14.7 Å². The quantitative estimate of drug-likeness (QED) is 0.705. The molecule has 9 heteroatoms. The summed E-state index contributed by atoms with van der Waals surface area (Å²) in [6.45, 7) is 6.29. The molecule has 7 nitrogen and oxygen atoms in total. The Balaban J connectivity index is 1.65. The molecule has 3 rings (SSSR count). The van der Waals surface area contributed by atoms with E-state index in [1.807, 2.05) is 31.4 Å². The summed E-state index contributed by atoms with van der Waals surface area (Å²) in [6, 6.07) is 3.95. The summed E-state index contributed by atoms with van der Waals surface area (Å²) in [5.41, 5.74) is 0. The second kappa shape index (κ2) is 8.22. The molecule has 0 aliphatic heterocycles. The van der Waals surface area contributed by atoms with Crippen molar-refractivity contribution in [3.05, 3.63) is 17.5 Å². The number of imide groups is 1. The Kier molecular flexibility index (Phi) is 5.98. The minimum Gasteiger partial charge on any atom is -0.338 e. The van der Waals surface area contributed by atoms with Crippen LogP contribution in [0.3, 0.4) is 0 Å². The zero-order chi connectivity index (χ0) is 18.7. The number of carbonyl (C=O) groups excluding carboxylic acids is 2. The van der Waals surface area contributed by atoms with Crippen LogP contribution >= 0.6 is 23.1 Å². The third kappa shape index (κ3) is 4.64. The monoisotopic (exact) mass is 393 g/mol. The maximum Gasteiger partial charge on any atom is 0.321 e. The van der Waals surface area contributed by atoms with Gasteiger partial charge in [-0.1, -0.05) is 31.7 Å². The largest absolute Gasteiger partial charge is 0.338 e. The van der Waals surface area contributed by atoms with Crippen LogP contribution in [0.4, 0.5) is 4.79 Å². The van der Waals surface area contributed by atoms with E-state index in [1.165, 1.54) is 11.8 Å². The highest BCUT2D eigenvalue weighted by Crippen LogP contribution is 2.42. The van der Waals surface area contributed by atoms with Crippen molar-refractivity contribution < 1.29 is 9.59 Å². The van der Waals surface area contributed by atoms with Gasteiger partial charge in [-0.25, -0.2) is 4.79 Å². The van der Waals surface area contributed by atoms with Crippen LogP contribution in [0.1, 0.15) is 39.7 Å². The molecular weight excluding hydrogens is 370 g/mol. The lowest BCUT2D eigenvalue weighted by Crippen LogP contribution is -2.43. The maximum absolute atomic E-state index is 12.3. The number of hydrogen-bond acceptors (Lipinski definition) is 6. The number of urea groups is 1. The molecule has 2 N–H and O–H groups in total. The Morgan fingerprint density at radius 2 is 2.12 bits per heavy atom. The number of amides is 3. The van der Waals surface area contributed by atoms with Crippen LogP contribution in [0.25, 0.3) is 10.7 Å². The van der Waals surface area contributed by atoms with Gasteiger partial charge < -0.3 is 5.32 Å². The zero-order valence-corrected chi connectivity index (χ0v) is 16.7. The van der Waals surface area contributed by atoms with Crippen LogP contribution < -0.4 is 10.6 Å². The van der Waals surface area contributed by atoms with Crippen molar-refractivity contribution in [2.24, 2.45) is 5.92 Å². The van der Waals surface area contributed by atoms with Crippen molar-refractivity contribution in [1.29, 1.82) is 0 Å². The molecule has 0 bridgehead atoms. The standard InChI is InChI=1S/C17H23N5O2S2/c1-10(2)9-18-16(24)19-15(23)11(3)26-17-21-20-14(13-5-4-8-25-13)22(17)12-6-7-12/h4-5,8,10-12H,6-7,9H2,1-3H3,(H2,18,19,23,24)/t11-/m1/s1. The normalized spacial score (nSPS) is 15.1. The van der Waals surface area contributed by atoms with Gasteiger partial charge in [-0.15, -0.1) is 21.5 Å². The van der Waals surface area contributed by atoms with Gasteiger partial charge in [0.2, 0.25) is 5.91 Å². The third-order valence-electron chi connectivity index (χ3n) is 3.88. The van der Waals surface area contributed by atoms with Gasteiger partial charge in [-0.05, 0) is 37.1 Å². The molecule has 140 valence electrons. The molecule has 0 saturated heterocycles. The Bertz CT molecular complexity index is 768. The predicted molar refractivity (Wildman–Crippen MR) is 103 cm³/mol. The summed E-state index contributed by atoms with van der Waals surface area (Å²) in [6.07, 6.45) is 2.20. The molecule has 0 radical (unpaired) electrons. The van der Waals surface area contributed by atoms with Crippen LogP contribution in [-0.4, -0.2) is 38.5 Å². The molecule has 0 spiro atoms. The Morgan fingerprint density at radius 3 is 2.73 bits per heavy atom. The van der Waals surface area contributed by atoms with Gasteiger partial charge >= 0.3 is 6.03 Å². The van der Waals surface area contributed by atoms with Crippen LogP contribution in [0.2, 0.25) is 0 Å². The average Bonchev–Trinajstić information content (AvgIpc) is 3.12. The second-order valence-corrected chi connectivity index (χ2v) is 8.99. The van der Waals surface area contributed by atoms with E-state index in [0.717, 1.165) is 28.7 Å². The van der Waals surface area contributed by atoms with Gasteiger partial charge in [0, 0.05) is 12.6 Å². The van der Waals surface area contributed by atoms with Crippen molar-refractivity contribution in [2.45, 2.75) is 50.1 Å².